The maximum Gasteiger partial charge on any atom is 0.129 e. The standard InChI is InChI=1S/C16H28.C8H16O/c1-5-6-11-16(3,4)12-7-8-15-10-9-14(2)13-15;1-3-4-5-6-7-8(2)9/h7-8,15H,2,5-6,9-13H2,1,3-4H3;3-7H2,1-2H3/b8-7+;. The summed E-state index contributed by atoms with van der Waals surface area (Å²) in [6, 6.07) is 0. The monoisotopic (exact) mass is 348 g/mol. The molecule has 1 atom stereocenters. The molecule has 146 valence electrons. The van der Waals surface area contributed by atoms with Gasteiger partial charge < -0.3 is 4.79 Å². The summed E-state index contributed by atoms with van der Waals surface area (Å²) in [5, 5.41) is 0. The van der Waals surface area contributed by atoms with E-state index >= 15 is 0 Å². The number of carbonyl (C=O) groups excluding carboxylic acids is 1. The van der Waals surface area contributed by atoms with Gasteiger partial charge in [-0.15, -0.1) is 0 Å². The highest BCUT2D eigenvalue weighted by molar-refractivity contribution is 5.75. The molecular formula is C24H44O. The molecule has 0 radical (unpaired) electrons. The van der Waals surface area contributed by atoms with Gasteiger partial charge in [0.25, 0.3) is 0 Å². The van der Waals surface area contributed by atoms with E-state index in [1.807, 2.05) is 0 Å². The van der Waals surface area contributed by atoms with Crippen molar-refractivity contribution in [2.45, 2.75) is 112 Å². The molecule has 0 amide bonds. The van der Waals surface area contributed by atoms with E-state index in [-0.39, 0.29) is 0 Å². The molecule has 0 bridgehead atoms. The molecule has 0 aliphatic heterocycles. The summed E-state index contributed by atoms with van der Waals surface area (Å²) in [5.41, 5.74) is 1.93. The Labute approximate surface area is 158 Å². The molecule has 25 heavy (non-hydrogen) atoms. The van der Waals surface area contributed by atoms with Crippen LogP contribution in [0.4, 0.5) is 0 Å². The second-order valence-electron chi connectivity index (χ2n) is 8.67. The van der Waals surface area contributed by atoms with Crippen LogP contribution in [0.2, 0.25) is 0 Å². The highest BCUT2D eigenvalue weighted by atomic mass is 16.1. The van der Waals surface area contributed by atoms with Gasteiger partial charge in [0.15, 0.2) is 0 Å². The molecule has 1 aliphatic rings. The number of Topliss-reactive ketones (excluding diaryl/α,β-unsaturated/α-hetero) is 1. The Hall–Kier alpha value is -0.850. The highest BCUT2D eigenvalue weighted by Gasteiger charge is 2.17. The Morgan fingerprint density at radius 1 is 1.16 bits per heavy atom. The molecule has 0 N–H and O–H groups in total. The van der Waals surface area contributed by atoms with E-state index in [1.54, 1.807) is 6.92 Å². The van der Waals surface area contributed by atoms with Crippen molar-refractivity contribution in [1.29, 1.82) is 0 Å². The lowest BCUT2D eigenvalue weighted by atomic mass is 9.83. The minimum Gasteiger partial charge on any atom is -0.300 e. The van der Waals surface area contributed by atoms with E-state index in [1.165, 1.54) is 69.8 Å². The molecule has 1 heteroatoms. The largest absolute Gasteiger partial charge is 0.300 e. The van der Waals surface area contributed by atoms with Gasteiger partial charge in [-0.25, -0.2) is 0 Å². The fourth-order valence-electron chi connectivity index (χ4n) is 3.27. The van der Waals surface area contributed by atoms with Crippen LogP contribution >= 0.6 is 0 Å². The molecule has 0 spiro atoms. The number of carbonyl (C=O) groups is 1. The Kier molecular flexibility index (Phi) is 13.8. The van der Waals surface area contributed by atoms with Crippen molar-refractivity contribution in [3.05, 3.63) is 24.3 Å². The number of allylic oxidation sites excluding steroid dienone is 3. The first-order valence-electron chi connectivity index (χ1n) is 10.6. The Balaban J connectivity index is 0.000000547. The van der Waals surface area contributed by atoms with Crippen molar-refractivity contribution >= 4 is 5.78 Å². The lowest BCUT2D eigenvalue weighted by Gasteiger charge is -2.22. The van der Waals surface area contributed by atoms with Crippen molar-refractivity contribution in [1.82, 2.24) is 0 Å². The minimum absolute atomic E-state index is 0.325. The number of ketones is 1. The van der Waals surface area contributed by atoms with Gasteiger partial charge >= 0.3 is 0 Å². The molecule has 0 aromatic heterocycles. The first kappa shape index (κ1) is 24.1. The van der Waals surface area contributed by atoms with Crippen LogP contribution in [0.25, 0.3) is 0 Å². The molecule has 0 heterocycles. The van der Waals surface area contributed by atoms with Crippen LogP contribution in [-0.2, 0) is 4.79 Å². The predicted octanol–water partition coefficient (Wildman–Crippen LogP) is 8.05. The van der Waals surface area contributed by atoms with Crippen LogP contribution < -0.4 is 0 Å². The van der Waals surface area contributed by atoms with Gasteiger partial charge in [-0.2, -0.15) is 0 Å². The van der Waals surface area contributed by atoms with E-state index in [0.717, 1.165) is 18.8 Å². The van der Waals surface area contributed by atoms with Crippen LogP contribution in [0, 0.1) is 11.3 Å². The van der Waals surface area contributed by atoms with Gasteiger partial charge in [-0.05, 0) is 56.8 Å². The molecule has 0 aromatic rings. The topological polar surface area (TPSA) is 17.1 Å². The van der Waals surface area contributed by atoms with E-state index < -0.39 is 0 Å². The Bertz CT molecular complexity index is 389. The van der Waals surface area contributed by atoms with E-state index in [0.29, 0.717) is 11.2 Å². The minimum atomic E-state index is 0.325. The normalized spacial score (nSPS) is 17.6. The summed E-state index contributed by atoms with van der Waals surface area (Å²) in [4.78, 5) is 10.4. The van der Waals surface area contributed by atoms with E-state index in [9.17, 15) is 4.79 Å². The maximum atomic E-state index is 10.4. The molecule has 1 unspecified atom stereocenters. The van der Waals surface area contributed by atoms with Gasteiger partial charge in [0.05, 0.1) is 0 Å². The van der Waals surface area contributed by atoms with Crippen LogP contribution in [0.15, 0.2) is 24.3 Å². The van der Waals surface area contributed by atoms with Gasteiger partial charge in [0.1, 0.15) is 5.78 Å². The molecule has 1 nitrogen and oxygen atoms in total. The highest BCUT2D eigenvalue weighted by Crippen LogP contribution is 2.32. The smallest absolute Gasteiger partial charge is 0.129 e. The van der Waals surface area contributed by atoms with Gasteiger partial charge in [-0.1, -0.05) is 84.1 Å². The SMILES string of the molecule is C=C1CCC(/C=C/CC(C)(C)CCCC)C1.CCCCCCC(C)=O. The van der Waals surface area contributed by atoms with Crippen LogP contribution in [-0.4, -0.2) is 5.78 Å². The van der Waals surface area contributed by atoms with Crippen molar-refractivity contribution in [2.24, 2.45) is 11.3 Å². The van der Waals surface area contributed by atoms with E-state index in [4.69, 9.17) is 0 Å². The Morgan fingerprint density at radius 3 is 2.36 bits per heavy atom. The third-order valence-corrected chi connectivity index (χ3v) is 5.09. The van der Waals surface area contributed by atoms with Crippen molar-refractivity contribution < 1.29 is 4.79 Å². The fraction of sp³-hybridized carbons (Fsp3) is 0.792. The molecule has 0 aromatic carbocycles. The summed E-state index contributed by atoms with van der Waals surface area (Å²) >= 11 is 0. The number of hydrogen-bond donors (Lipinski definition) is 0. The van der Waals surface area contributed by atoms with Gasteiger partial charge in [0.2, 0.25) is 0 Å². The van der Waals surface area contributed by atoms with Crippen LogP contribution in [0.5, 0.6) is 0 Å². The number of rotatable bonds is 11. The van der Waals surface area contributed by atoms with Gasteiger partial charge in [0, 0.05) is 6.42 Å². The summed E-state index contributed by atoms with van der Waals surface area (Å²) in [7, 11) is 0. The molecule has 1 saturated carbocycles. The van der Waals surface area contributed by atoms with E-state index in [2.05, 4.69) is 46.4 Å². The second-order valence-corrected chi connectivity index (χ2v) is 8.67. The summed E-state index contributed by atoms with van der Waals surface area (Å²) in [5.74, 6) is 1.11. The molecular weight excluding hydrogens is 304 g/mol. The molecule has 1 fully saturated rings. The third kappa shape index (κ3) is 15.1. The van der Waals surface area contributed by atoms with Crippen LogP contribution in [0.1, 0.15) is 112 Å². The van der Waals surface area contributed by atoms with Crippen molar-refractivity contribution in [3.63, 3.8) is 0 Å². The summed E-state index contributed by atoms with van der Waals surface area (Å²) in [6.07, 6.45) is 19.5. The molecule has 1 rings (SSSR count). The third-order valence-electron chi connectivity index (χ3n) is 5.09. The summed E-state index contributed by atoms with van der Waals surface area (Å²) in [6.45, 7) is 15.0. The van der Waals surface area contributed by atoms with Crippen molar-refractivity contribution in [3.8, 4) is 0 Å². The maximum absolute atomic E-state index is 10.4. The Morgan fingerprint density at radius 2 is 1.84 bits per heavy atom. The molecule has 1 aliphatic carbocycles. The zero-order valence-corrected chi connectivity index (χ0v) is 17.8. The summed E-state index contributed by atoms with van der Waals surface area (Å²) < 4.78 is 0. The fourth-order valence-corrected chi connectivity index (χ4v) is 3.27. The lowest BCUT2D eigenvalue weighted by Crippen LogP contribution is -2.09. The quantitative estimate of drug-likeness (QED) is 0.272. The van der Waals surface area contributed by atoms with Gasteiger partial charge in [-0.3, -0.25) is 0 Å². The predicted molar refractivity (Wildman–Crippen MR) is 113 cm³/mol. The number of unbranched alkanes of at least 4 members (excludes halogenated alkanes) is 4. The zero-order chi connectivity index (χ0) is 19.1. The first-order valence-corrected chi connectivity index (χ1v) is 10.6. The average Bonchev–Trinajstić information content (AvgIpc) is 2.95. The molecule has 0 saturated heterocycles. The zero-order valence-electron chi connectivity index (χ0n) is 17.8. The number of hydrogen-bond acceptors (Lipinski definition) is 1. The second kappa shape index (κ2) is 14.3. The van der Waals surface area contributed by atoms with Crippen LogP contribution in [0.3, 0.4) is 0 Å². The first-order chi connectivity index (χ1) is 11.8. The van der Waals surface area contributed by atoms with Crippen molar-refractivity contribution in [2.75, 3.05) is 0 Å². The lowest BCUT2D eigenvalue weighted by molar-refractivity contribution is -0.117. The average molecular weight is 349 g/mol.